The highest BCUT2D eigenvalue weighted by Crippen LogP contribution is 2.27. The number of aliphatic hydroxyl groups is 1. The molecule has 1 aliphatic rings. The van der Waals surface area contributed by atoms with Crippen LogP contribution in [0.1, 0.15) is 84.0 Å². The van der Waals surface area contributed by atoms with Crippen molar-refractivity contribution >= 4 is 12.4 Å². The Morgan fingerprint density at radius 2 is 2.00 bits per heavy atom. The quantitative estimate of drug-likeness (QED) is 0.708. The van der Waals surface area contributed by atoms with Gasteiger partial charge in [-0.15, -0.1) is 17.5 Å². The van der Waals surface area contributed by atoms with Gasteiger partial charge in [0.05, 0.1) is 11.6 Å². The highest BCUT2D eigenvalue weighted by atomic mass is 35.5. The molecule has 7 heteroatoms. The molecular weight excluding hydrogens is 326 g/mol. The molecule has 2 rings (SSSR count). The molecule has 1 unspecified atom stereocenters. The van der Waals surface area contributed by atoms with Crippen LogP contribution in [0.5, 0.6) is 0 Å². The maximum atomic E-state index is 9.74. The van der Waals surface area contributed by atoms with Crippen LogP contribution in [0.4, 0.5) is 0 Å². The molecule has 6 nitrogen and oxygen atoms in total. The molecule has 1 heterocycles. The number of tetrazole rings is 1. The Morgan fingerprint density at radius 3 is 2.67 bits per heavy atom. The van der Waals surface area contributed by atoms with E-state index in [1.165, 1.54) is 32.1 Å². The molecule has 0 bridgehead atoms. The summed E-state index contributed by atoms with van der Waals surface area (Å²) < 4.78 is 2.06. The average molecular weight is 360 g/mol. The van der Waals surface area contributed by atoms with E-state index in [-0.39, 0.29) is 12.4 Å². The summed E-state index contributed by atoms with van der Waals surface area (Å²) in [6.45, 7) is 6.84. The minimum Gasteiger partial charge on any atom is -0.390 e. The van der Waals surface area contributed by atoms with Gasteiger partial charge in [0.2, 0.25) is 0 Å². The first-order valence-corrected chi connectivity index (χ1v) is 9.18. The fourth-order valence-corrected chi connectivity index (χ4v) is 3.36. The van der Waals surface area contributed by atoms with Gasteiger partial charge in [0.1, 0.15) is 0 Å². The Kier molecular flexibility index (Phi) is 9.16. The van der Waals surface area contributed by atoms with Crippen molar-refractivity contribution in [3.63, 3.8) is 0 Å². The minimum atomic E-state index is -0.554. The molecule has 24 heavy (non-hydrogen) atoms. The number of halogens is 1. The summed E-state index contributed by atoms with van der Waals surface area (Å²) in [6, 6.07) is 0.953. The lowest BCUT2D eigenvalue weighted by Crippen LogP contribution is -2.30. The summed E-state index contributed by atoms with van der Waals surface area (Å²) in [5.41, 5.74) is -0.554. The first kappa shape index (κ1) is 21.3. The third kappa shape index (κ3) is 7.45. The molecule has 1 fully saturated rings. The van der Waals surface area contributed by atoms with Gasteiger partial charge in [0, 0.05) is 19.0 Å². The van der Waals surface area contributed by atoms with Crippen LogP contribution in [0, 0.1) is 0 Å². The van der Waals surface area contributed by atoms with Crippen LogP contribution in [0.15, 0.2) is 0 Å². The molecule has 1 atom stereocenters. The highest BCUT2D eigenvalue weighted by molar-refractivity contribution is 5.85. The molecule has 0 spiro atoms. The number of nitrogens with one attached hydrogen (secondary N) is 1. The first-order valence-electron chi connectivity index (χ1n) is 9.18. The highest BCUT2D eigenvalue weighted by Gasteiger charge is 2.19. The first-order chi connectivity index (χ1) is 11.0. The van der Waals surface area contributed by atoms with E-state index >= 15 is 0 Å². The van der Waals surface area contributed by atoms with Crippen LogP contribution in [-0.2, 0) is 6.42 Å². The minimum absolute atomic E-state index is 0. The SMILES string of the molecule is CC(CCCC(C)(C)O)NCCc1nnnn1C1CCCCC1.Cl. The third-order valence-corrected chi connectivity index (χ3v) is 4.75. The predicted octanol–water partition coefficient (Wildman–Crippen LogP) is 3.06. The summed E-state index contributed by atoms with van der Waals surface area (Å²) in [4.78, 5) is 0. The summed E-state index contributed by atoms with van der Waals surface area (Å²) in [5, 5.41) is 25.6. The second-order valence-electron chi connectivity index (χ2n) is 7.64. The van der Waals surface area contributed by atoms with Crippen molar-refractivity contribution < 1.29 is 5.11 Å². The Morgan fingerprint density at radius 1 is 1.29 bits per heavy atom. The molecule has 140 valence electrons. The number of hydrogen-bond donors (Lipinski definition) is 2. The normalized spacial score (nSPS) is 17.5. The fraction of sp³-hybridized carbons (Fsp3) is 0.941. The Hall–Kier alpha value is -0.720. The lowest BCUT2D eigenvalue weighted by atomic mass is 9.95. The van der Waals surface area contributed by atoms with E-state index in [1.54, 1.807) is 0 Å². The molecule has 1 aromatic heterocycles. The molecule has 1 saturated carbocycles. The van der Waals surface area contributed by atoms with Gasteiger partial charge in [-0.05, 0) is 63.3 Å². The molecule has 1 aromatic rings. The van der Waals surface area contributed by atoms with E-state index in [0.717, 1.165) is 38.1 Å². The lowest BCUT2D eigenvalue weighted by molar-refractivity contribution is 0.0675. The van der Waals surface area contributed by atoms with Crippen LogP contribution in [-0.4, -0.2) is 43.5 Å². The summed E-state index contributed by atoms with van der Waals surface area (Å²) >= 11 is 0. The van der Waals surface area contributed by atoms with Crippen LogP contribution >= 0.6 is 12.4 Å². The molecular formula is C17H34ClN5O. The Balaban J connectivity index is 0.00000288. The summed E-state index contributed by atoms with van der Waals surface area (Å²) in [5.74, 6) is 1.01. The van der Waals surface area contributed by atoms with Crippen molar-refractivity contribution in [2.75, 3.05) is 6.54 Å². The van der Waals surface area contributed by atoms with Crippen molar-refractivity contribution in [3.8, 4) is 0 Å². The van der Waals surface area contributed by atoms with Gasteiger partial charge < -0.3 is 10.4 Å². The van der Waals surface area contributed by atoms with Gasteiger partial charge in [-0.25, -0.2) is 4.68 Å². The zero-order chi connectivity index (χ0) is 16.7. The van der Waals surface area contributed by atoms with Crippen molar-refractivity contribution in [3.05, 3.63) is 5.82 Å². The third-order valence-electron chi connectivity index (χ3n) is 4.75. The van der Waals surface area contributed by atoms with Crippen LogP contribution in [0.25, 0.3) is 0 Å². The van der Waals surface area contributed by atoms with Crippen LogP contribution in [0.2, 0.25) is 0 Å². The van der Waals surface area contributed by atoms with Crippen molar-refractivity contribution in [1.82, 2.24) is 25.5 Å². The molecule has 0 aromatic carbocycles. The van der Waals surface area contributed by atoms with E-state index < -0.39 is 5.60 Å². The largest absolute Gasteiger partial charge is 0.390 e. The maximum Gasteiger partial charge on any atom is 0.152 e. The van der Waals surface area contributed by atoms with Gasteiger partial charge in [0.15, 0.2) is 5.82 Å². The standard InChI is InChI=1S/C17H33N5O.ClH/c1-14(8-7-12-17(2,3)23)18-13-11-16-19-20-21-22(16)15-9-5-4-6-10-15;/h14-15,18,23H,4-13H2,1-3H3;1H. The number of aromatic nitrogens is 4. The zero-order valence-electron chi connectivity index (χ0n) is 15.4. The van der Waals surface area contributed by atoms with Gasteiger partial charge >= 0.3 is 0 Å². The second kappa shape index (κ2) is 10.3. The topological polar surface area (TPSA) is 75.9 Å². The van der Waals surface area contributed by atoms with Crippen molar-refractivity contribution in [2.24, 2.45) is 0 Å². The van der Waals surface area contributed by atoms with E-state index in [2.05, 4.69) is 32.4 Å². The van der Waals surface area contributed by atoms with Crippen molar-refractivity contribution in [2.45, 2.75) is 96.2 Å². The van der Waals surface area contributed by atoms with E-state index in [0.29, 0.717) is 12.1 Å². The van der Waals surface area contributed by atoms with E-state index in [9.17, 15) is 5.11 Å². The number of nitrogens with zero attached hydrogens (tertiary/aromatic N) is 4. The average Bonchev–Trinajstić information content (AvgIpc) is 2.95. The van der Waals surface area contributed by atoms with E-state index in [1.807, 2.05) is 13.8 Å². The van der Waals surface area contributed by atoms with E-state index in [4.69, 9.17) is 0 Å². The monoisotopic (exact) mass is 359 g/mol. The van der Waals surface area contributed by atoms with Gasteiger partial charge in [0.25, 0.3) is 0 Å². The van der Waals surface area contributed by atoms with Gasteiger partial charge in [-0.2, -0.15) is 0 Å². The molecule has 0 aliphatic heterocycles. The van der Waals surface area contributed by atoms with Crippen molar-refractivity contribution in [1.29, 1.82) is 0 Å². The maximum absolute atomic E-state index is 9.74. The predicted molar refractivity (Wildman–Crippen MR) is 98.5 cm³/mol. The summed E-state index contributed by atoms with van der Waals surface area (Å²) in [6.07, 6.45) is 10.2. The molecule has 0 saturated heterocycles. The fourth-order valence-electron chi connectivity index (χ4n) is 3.36. The summed E-state index contributed by atoms with van der Waals surface area (Å²) in [7, 11) is 0. The molecule has 0 radical (unpaired) electrons. The molecule has 1 aliphatic carbocycles. The molecule has 0 amide bonds. The van der Waals surface area contributed by atoms with Gasteiger partial charge in [-0.1, -0.05) is 19.3 Å². The smallest absolute Gasteiger partial charge is 0.152 e. The van der Waals surface area contributed by atoms with Crippen LogP contribution < -0.4 is 5.32 Å². The van der Waals surface area contributed by atoms with Gasteiger partial charge in [-0.3, -0.25) is 0 Å². The van der Waals surface area contributed by atoms with Crippen LogP contribution in [0.3, 0.4) is 0 Å². The Bertz CT molecular complexity index is 454. The molecule has 2 N–H and O–H groups in total. The Labute approximate surface area is 152 Å². The number of rotatable bonds is 9. The zero-order valence-corrected chi connectivity index (χ0v) is 16.2. The lowest BCUT2D eigenvalue weighted by Gasteiger charge is -2.22. The number of hydrogen-bond acceptors (Lipinski definition) is 5. The second-order valence-corrected chi connectivity index (χ2v) is 7.64.